The zero-order valence-electron chi connectivity index (χ0n) is 14.9. The van der Waals surface area contributed by atoms with Crippen molar-refractivity contribution in [3.63, 3.8) is 0 Å². The number of rotatable bonds is 3. The van der Waals surface area contributed by atoms with Crippen LogP contribution in [0.3, 0.4) is 0 Å². The van der Waals surface area contributed by atoms with Gasteiger partial charge in [-0.2, -0.15) is 0 Å². The van der Waals surface area contributed by atoms with Gasteiger partial charge >= 0.3 is 0 Å². The van der Waals surface area contributed by atoms with E-state index in [1.54, 1.807) is 0 Å². The average molecular weight is 342 g/mol. The van der Waals surface area contributed by atoms with Gasteiger partial charge in [0.2, 0.25) is 5.91 Å². The highest BCUT2D eigenvalue weighted by Gasteiger charge is 2.39. The van der Waals surface area contributed by atoms with Crippen LogP contribution in [-0.4, -0.2) is 66.9 Å². The third kappa shape index (κ3) is 3.23. The van der Waals surface area contributed by atoms with Crippen molar-refractivity contribution < 1.29 is 14.3 Å². The van der Waals surface area contributed by atoms with Gasteiger partial charge in [0.1, 0.15) is 0 Å². The fraction of sp³-hybridized carbons (Fsp3) is 0.600. The minimum atomic E-state index is -0.317. The van der Waals surface area contributed by atoms with E-state index in [-0.39, 0.29) is 23.7 Å². The Bertz CT molecular complexity index is 682. The molecule has 1 aromatic rings. The first kappa shape index (κ1) is 16.7. The molecule has 0 N–H and O–H groups in total. The second kappa shape index (κ2) is 6.89. The molecular formula is C20H26N2O3. The minimum absolute atomic E-state index is 0.0985. The van der Waals surface area contributed by atoms with Crippen LogP contribution in [0.25, 0.3) is 0 Å². The molecule has 5 nitrogen and oxygen atoms in total. The van der Waals surface area contributed by atoms with E-state index in [1.807, 2.05) is 30.0 Å². The molecule has 2 saturated heterocycles. The van der Waals surface area contributed by atoms with Crippen molar-refractivity contribution in [3.8, 4) is 0 Å². The molecule has 0 aromatic heterocycles. The Morgan fingerprint density at radius 1 is 1.24 bits per heavy atom. The van der Waals surface area contributed by atoms with Gasteiger partial charge in [-0.25, -0.2) is 0 Å². The van der Waals surface area contributed by atoms with Gasteiger partial charge in [-0.1, -0.05) is 17.7 Å². The molecule has 1 aliphatic carbocycles. The summed E-state index contributed by atoms with van der Waals surface area (Å²) in [5.41, 5.74) is 2.72. The van der Waals surface area contributed by atoms with Crippen LogP contribution in [0.4, 0.5) is 0 Å². The normalized spacial score (nSPS) is 26.9. The van der Waals surface area contributed by atoms with Gasteiger partial charge in [0.05, 0.1) is 25.2 Å². The zero-order valence-corrected chi connectivity index (χ0v) is 14.9. The first-order valence-corrected chi connectivity index (χ1v) is 9.38. The van der Waals surface area contributed by atoms with Crippen LogP contribution in [0.1, 0.15) is 46.7 Å². The van der Waals surface area contributed by atoms with Gasteiger partial charge in [-0.15, -0.1) is 0 Å². The summed E-state index contributed by atoms with van der Waals surface area (Å²) >= 11 is 0. The number of fused-ring (bicyclic) bond motifs is 1. The van der Waals surface area contributed by atoms with Crippen molar-refractivity contribution in [2.24, 2.45) is 0 Å². The second-order valence-corrected chi connectivity index (χ2v) is 7.54. The fourth-order valence-electron chi connectivity index (χ4n) is 4.40. The Kier molecular flexibility index (Phi) is 4.61. The number of Topliss-reactive ketones (excluding diaryl/α,β-unsaturated/α-hetero) is 1. The molecule has 0 spiro atoms. The number of likely N-dealkylation sites (tertiary alicyclic amines) is 1. The molecule has 5 heteroatoms. The van der Waals surface area contributed by atoms with Crippen LogP contribution in [0.5, 0.6) is 0 Å². The number of carbonyl (C=O) groups excluding carboxylic acids is 2. The summed E-state index contributed by atoms with van der Waals surface area (Å²) in [5.74, 6) is -0.118. The molecule has 134 valence electrons. The van der Waals surface area contributed by atoms with E-state index in [4.69, 9.17) is 4.74 Å². The van der Waals surface area contributed by atoms with Gasteiger partial charge in [0.15, 0.2) is 5.78 Å². The zero-order chi connectivity index (χ0) is 17.4. The lowest BCUT2D eigenvalue weighted by molar-refractivity contribution is -0.142. The van der Waals surface area contributed by atoms with Gasteiger partial charge in [0.25, 0.3) is 0 Å². The molecule has 2 aliphatic heterocycles. The lowest BCUT2D eigenvalue weighted by Crippen LogP contribution is -2.54. The van der Waals surface area contributed by atoms with E-state index in [1.165, 1.54) is 12.8 Å². The number of benzene rings is 1. The maximum atomic E-state index is 13.3. The number of hydrogen-bond acceptors (Lipinski definition) is 4. The molecule has 2 fully saturated rings. The van der Waals surface area contributed by atoms with Crippen LogP contribution in [-0.2, 0) is 9.53 Å². The number of ether oxygens (including phenoxy) is 1. The van der Waals surface area contributed by atoms with E-state index < -0.39 is 0 Å². The van der Waals surface area contributed by atoms with Gasteiger partial charge in [0, 0.05) is 25.1 Å². The van der Waals surface area contributed by atoms with E-state index in [9.17, 15) is 9.59 Å². The second-order valence-electron chi connectivity index (χ2n) is 7.54. The standard InChI is InChI=1S/C20H26N2O3/c1-14-4-5-16-17(10-14)19(23)11-18(16)20(24)22-8-9-25-13-15(22)12-21-6-2-3-7-21/h4-5,10,15,18H,2-3,6-9,11-13H2,1H3. The summed E-state index contributed by atoms with van der Waals surface area (Å²) < 4.78 is 5.65. The Balaban J connectivity index is 1.54. The summed E-state index contributed by atoms with van der Waals surface area (Å²) in [7, 11) is 0. The third-order valence-electron chi connectivity index (χ3n) is 5.75. The van der Waals surface area contributed by atoms with Crippen molar-refractivity contribution in [2.75, 3.05) is 39.4 Å². The molecule has 1 amide bonds. The largest absolute Gasteiger partial charge is 0.377 e. The third-order valence-corrected chi connectivity index (χ3v) is 5.75. The van der Waals surface area contributed by atoms with E-state index >= 15 is 0 Å². The Labute approximate surface area is 148 Å². The lowest BCUT2D eigenvalue weighted by atomic mass is 9.97. The molecule has 25 heavy (non-hydrogen) atoms. The van der Waals surface area contributed by atoms with Crippen molar-refractivity contribution in [1.29, 1.82) is 0 Å². The highest BCUT2D eigenvalue weighted by atomic mass is 16.5. The predicted molar refractivity (Wildman–Crippen MR) is 94.9 cm³/mol. The van der Waals surface area contributed by atoms with Gasteiger partial charge in [-0.05, 0) is 44.5 Å². The summed E-state index contributed by atoms with van der Waals surface area (Å²) in [6, 6.07) is 5.99. The molecule has 0 radical (unpaired) electrons. The van der Waals surface area contributed by atoms with Crippen LogP contribution >= 0.6 is 0 Å². The summed E-state index contributed by atoms with van der Waals surface area (Å²) in [5, 5.41) is 0. The molecular weight excluding hydrogens is 316 g/mol. The highest BCUT2D eigenvalue weighted by Crippen LogP contribution is 2.35. The Morgan fingerprint density at radius 3 is 2.84 bits per heavy atom. The maximum Gasteiger partial charge on any atom is 0.231 e. The first-order chi connectivity index (χ1) is 12.1. The molecule has 1 aromatic carbocycles. The lowest BCUT2D eigenvalue weighted by Gasteiger charge is -2.39. The van der Waals surface area contributed by atoms with Gasteiger partial charge < -0.3 is 14.5 Å². The van der Waals surface area contributed by atoms with E-state index in [0.29, 0.717) is 26.2 Å². The molecule has 2 unspecified atom stereocenters. The fourth-order valence-corrected chi connectivity index (χ4v) is 4.40. The summed E-state index contributed by atoms with van der Waals surface area (Å²) in [6.45, 7) is 6.91. The predicted octanol–water partition coefficient (Wildman–Crippen LogP) is 1.99. The van der Waals surface area contributed by atoms with Crippen molar-refractivity contribution >= 4 is 11.7 Å². The van der Waals surface area contributed by atoms with Crippen molar-refractivity contribution in [3.05, 3.63) is 34.9 Å². The van der Waals surface area contributed by atoms with Crippen molar-refractivity contribution in [1.82, 2.24) is 9.80 Å². The number of aryl methyl sites for hydroxylation is 1. The maximum absolute atomic E-state index is 13.3. The minimum Gasteiger partial charge on any atom is -0.377 e. The molecule has 2 atom stereocenters. The van der Waals surface area contributed by atoms with Crippen LogP contribution < -0.4 is 0 Å². The topological polar surface area (TPSA) is 49.9 Å². The average Bonchev–Trinajstić information content (AvgIpc) is 3.23. The van der Waals surface area contributed by atoms with Crippen LogP contribution in [0.15, 0.2) is 18.2 Å². The number of amides is 1. The first-order valence-electron chi connectivity index (χ1n) is 9.38. The quantitative estimate of drug-likeness (QED) is 0.843. The molecule has 3 aliphatic rings. The number of ketones is 1. The molecule has 0 bridgehead atoms. The van der Waals surface area contributed by atoms with Crippen LogP contribution in [0.2, 0.25) is 0 Å². The Morgan fingerprint density at radius 2 is 2.04 bits per heavy atom. The summed E-state index contributed by atoms with van der Waals surface area (Å²) in [4.78, 5) is 30.1. The smallest absolute Gasteiger partial charge is 0.231 e. The molecule has 4 rings (SSSR count). The number of nitrogens with zero attached hydrogens (tertiary/aromatic N) is 2. The number of hydrogen-bond donors (Lipinski definition) is 0. The summed E-state index contributed by atoms with van der Waals surface area (Å²) in [6.07, 6.45) is 2.79. The van der Waals surface area contributed by atoms with Crippen LogP contribution in [0, 0.1) is 6.92 Å². The van der Waals surface area contributed by atoms with Crippen molar-refractivity contribution in [2.45, 2.75) is 38.1 Å². The van der Waals surface area contributed by atoms with Gasteiger partial charge in [-0.3, -0.25) is 9.59 Å². The monoisotopic (exact) mass is 342 g/mol. The molecule has 2 heterocycles. The SMILES string of the molecule is Cc1ccc2c(c1)C(=O)CC2C(=O)N1CCOCC1CN1CCCC1. The number of carbonyl (C=O) groups is 2. The number of morpholine rings is 1. The highest BCUT2D eigenvalue weighted by molar-refractivity contribution is 6.06. The molecule has 0 saturated carbocycles. The van der Waals surface area contributed by atoms with E-state index in [2.05, 4.69) is 4.90 Å². The Hall–Kier alpha value is -1.72. The van der Waals surface area contributed by atoms with E-state index in [0.717, 1.165) is 36.3 Å².